The van der Waals surface area contributed by atoms with Crippen LogP contribution in [0.3, 0.4) is 0 Å². The van der Waals surface area contributed by atoms with Gasteiger partial charge in [0, 0.05) is 16.1 Å². The lowest BCUT2D eigenvalue weighted by Gasteiger charge is -2.17. The van der Waals surface area contributed by atoms with E-state index >= 15 is 0 Å². The Kier molecular flexibility index (Phi) is 7.44. The van der Waals surface area contributed by atoms with Gasteiger partial charge in [-0.3, -0.25) is 9.59 Å². The van der Waals surface area contributed by atoms with Crippen LogP contribution < -0.4 is 10.9 Å². The van der Waals surface area contributed by atoms with Crippen LogP contribution in [0.4, 0.5) is 22.0 Å². The maximum absolute atomic E-state index is 13.9. The third-order valence-corrected chi connectivity index (χ3v) is 4.74. The van der Waals surface area contributed by atoms with Crippen molar-refractivity contribution in [2.24, 2.45) is 0 Å². The number of benzene rings is 2. The molecule has 6 nitrogen and oxygen atoms in total. The summed E-state index contributed by atoms with van der Waals surface area (Å²) in [6.45, 7) is 0. The number of nitrogens with one attached hydrogen (secondary N) is 1. The summed E-state index contributed by atoms with van der Waals surface area (Å²) in [5.74, 6) is -1.41. The van der Waals surface area contributed by atoms with Crippen LogP contribution >= 0.6 is 11.6 Å². The van der Waals surface area contributed by atoms with Gasteiger partial charge in [0.2, 0.25) is 6.30 Å². The number of nitrogens with zero attached hydrogens (tertiary/aromatic N) is 2. The first kappa shape index (κ1) is 24.3. The third kappa shape index (κ3) is 5.55. The number of aromatic nitrogens is 2. The number of alkyl halides is 5. The van der Waals surface area contributed by atoms with Crippen molar-refractivity contribution in [3.05, 3.63) is 81.1 Å². The third-order valence-electron chi connectivity index (χ3n) is 4.49. The Bertz CT molecular complexity index is 1200. The van der Waals surface area contributed by atoms with Crippen LogP contribution in [0, 0.1) is 0 Å². The molecule has 2 aromatic carbocycles. The van der Waals surface area contributed by atoms with Gasteiger partial charge in [-0.05, 0) is 30.3 Å². The number of halogens is 6. The highest BCUT2D eigenvalue weighted by atomic mass is 35.5. The minimum atomic E-state index is -3.49. The lowest BCUT2D eigenvalue weighted by atomic mass is 10.1. The SMILES string of the molecule is O=C(NC(F)C(O)C(F)F)c1cc(-c2ccc(Cl)cc2)nn(-c2cccc(C(F)F)c2)c1=O. The number of amides is 1. The number of carbonyl (C=O) groups excluding carboxylic acids is 1. The molecule has 0 saturated carbocycles. The lowest BCUT2D eigenvalue weighted by Crippen LogP contribution is -2.45. The van der Waals surface area contributed by atoms with Crippen LogP contribution in [0.25, 0.3) is 16.9 Å². The van der Waals surface area contributed by atoms with Gasteiger partial charge in [0.05, 0.1) is 11.4 Å². The van der Waals surface area contributed by atoms with Crippen molar-refractivity contribution in [1.29, 1.82) is 0 Å². The summed E-state index contributed by atoms with van der Waals surface area (Å²) >= 11 is 5.86. The molecule has 0 radical (unpaired) electrons. The molecule has 174 valence electrons. The van der Waals surface area contributed by atoms with Crippen LogP contribution in [-0.2, 0) is 0 Å². The van der Waals surface area contributed by atoms with E-state index < -0.39 is 47.8 Å². The van der Waals surface area contributed by atoms with Gasteiger partial charge in [0.1, 0.15) is 5.56 Å². The lowest BCUT2D eigenvalue weighted by molar-refractivity contribution is -0.0551. The zero-order chi connectivity index (χ0) is 24.3. The van der Waals surface area contributed by atoms with E-state index in [1.807, 2.05) is 0 Å². The van der Waals surface area contributed by atoms with Gasteiger partial charge < -0.3 is 10.4 Å². The molecule has 12 heteroatoms. The molecule has 3 aromatic rings. The van der Waals surface area contributed by atoms with Gasteiger partial charge in [0.25, 0.3) is 24.3 Å². The monoisotopic (exact) mass is 487 g/mol. The topological polar surface area (TPSA) is 84.2 Å². The molecule has 2 N–H and O–H groups in total. The summed E-state index contributed by atoms with van der Waals surface area (Å²) in [7, 11) is 0. The summed E-state index contributed by atoms with van der Waals surface area (Å²) in [5, 5.41) is 15.1. The molecule has 3 rings (SSSR count). The van der Waals surface area contributed by atoms with Gasteiger partial charge in [-0.2, -0.15) is 9.78 Å². The van der Waals surface area contributed by atoms with Crippen LogP contribution in [0.2, 0.25) is 5.02 Å². The molecule has 0 fully saturated rings. The van der Waals surface area contributed by atoms with E-state index in [2.05, 4.69) is 5.10 Å². The molecule has 0 bridgehead atoms. The van der Waals surface area contributed by atoms with E-state index in [1.54, 1.807) is 0 Å². The van der Waals surface area contributed by atoms with Gasteiger partial charge in [0.15, 0.2) is 6.10 Å². The van der Waals surface area contributed by atoms with Crippen molar-refractivity contribution in [3.63, 3.8) is 0 Å². The molecule has 0 aliphatic rings. The molecular weight excluding hydrogens is 473 g/mol. The van der Waals surface area contributed by atoms with Crippen molar-refractivity contribution in [2.75, 3.05) is 0 Å². The Hall–Kier alpha value is -3.31. The molecule has 0 saturated heterocycles. The van der Waals surface area contributed by atoms with Gasteiger partial charge >= 0.3 is 0 Å². The number of rotatable bonds is 7. The Morgan fingerprint density at radius 1 is 1.03 bits per heavy atom. The fraction of sp³-hybridized carbons (Fsp3) is 0.190. The average molecular weight is 488 g/mol. The van der Waals surface area contributed by atoms with Crippen molar-refractivity contribution in [1.82, 2.24) is 15.1 Å². The summed E-state index contributed by atoms with van der Waals surface area (Å²) in [4.78, 5) is 25.4. The molecule has 0 aliphatic heterocycles. The number of hydrogen-bond donors (Lipinski definition) is 2. The fourth-order valence-corrected chi connectivity index (χ4v) is 2.93. The summed E-state index contributed by atoms with van der Waals surface area (Å²) < 4.78 is 65.8. The normalized spacial score (nSPS) is 13.2. The van der Waals surface area contributed by atoms with E-state index in [1.165, 1.54) is 41.7 Å². The maximum atomic E-state index is 13.9. The Labute approximate surface area is 188 Å². The molecule has 1 amide bonds. The van der Waals surface area contributed by atoms with Crippen molar-refractivity contribution >= 4 is 17.5 Å². The first-order valence-corrected chi connectivity index (χ1v) is 9.66. The Balaban J connectivity index is 2.14. The second-order valence-electron chi connectivity index (χ2n) is 6.76. The highest BCUT2D eigenvalue weighted by Crippen LogP contribution is 2.23. The molecule has 2 unspecified atom stereocenters. The van der Waals surface area contributed by atoms with Crippen LogP contribution in [0.15, 0.2) is 59.4 Å². The maximum Gasteiger partial charge on any atom is 0.284 e. The fourth-order valence-electron chi connectivity index (χ4n) is 2.80. The molecule has 0 aliphatic carbocycles. The summed E-state index contributed by atoms with van der Waals surface area (Å²) in [5.41, 5.74) is -2.03. The minimum absolute atomic E-state index is 0.00341. The smallest absolute Gasteiger partial charge is 0.284 e. The van der Waals surface area contributed by atoms with E-state index in [0.29, 0.717) is 15.3 Å². The first-order chi connectivity index (χ1) is 15.6. The Morgan fingerprint density at radius 3 is 2.30 bits per heavy atom. The Morgan fingerprint density at radius 2 is 1.70 bits per heavy atom. The first-order valence-electron chi connectivity index (χ1n) is 9.28. The van der Waals surface area contributed by atoms with Crippen molar-refractivity contribution in [2.45, 2.75) is 25.3 Å². The van der Waals surface area contributed by atoms with Crippen molar-refractivity contribution < 1.29 is 31.9 Å². The molecule has 1 aromatic heterocycles. The van der Waals surface area contributed by atoms with E-state index in [4.69, 9.17) is 16.7 Å². The van der Waals surface area contributed by atoms with E-state index in [9.17, 15) is 31.5 Å². The average Bonchev–Trinajstić information content (AvgIpc) is 2.79. The van der Waals surface area contributed by atoms with Gasteiger partial charge in [-0.1, -0.05) is 35.9 Å². The van der Waals surface area contributed by atoms with E-state index in [0.717, 1.165) is 18.2 Å². The largest absolute Gasteiger partial charge is 0.382 e. The quantitative estimate of drug-likeness (QED) is 0.387. The second kappa shape index (κ2) is 10.1. The predicted molar refractivity (Wildman–Crippen MR) is 110 cm³/mol. The standard InChI is InChI=1S/C21H15ClF5N3O3/c22-12-6-4-10(5-7-12)15-9-14(20(32)28-19(27)16(31)18(25)26)21(33)30(29-15)13-3-1-2-11(8-13)17(23)24/h1-9,16-19,31H,(H,28,32). The predicted octanol–water partition coefficient (Wildman–Crippen LogP) is 4.14. The number of carbonyl (C=O) groups is 1. The molecule has 2 atom stereocenters. The summed E-state index contributed by atoms with van der Waals surface area (Å²) in [6.07, 6.45) is -12.0. The zero-order valence-electron chi connectivity index (χ0n) is 16.4. The minimum Gasteiger partial charge on any atom is -0.382 e. The molecule has 1 heterocycles. The molecular formula is C21H15ClF5N3O3. The van der Waals surface area contributed by atoms with Gasteiger partial charge in [-0.15, -0.1) is 0 Å². The summed E-state index contributed by atoms with van der Waals surface area (Å²) in [6, 6.07) is 11.6. The van der Waals surface area contributed by atoms with Crippen molar-refractivity contribution in [3.8, 4) is 16.9 Å². The van der Waals surface area contributed by atoms with Crippen LogP contribution in [-0.4, -0.2) is 39.6 Å². The zero-order valence-corrected chi connectivity index (χ0v) is 17.2. The number of hydrogen-bond acceptors (Lipinski definition) is 4. The van der Waals surface area contributed by atoms with E-state index in [-0.39, 0.29) is 11.4 Å². The van der Waals surface area contributed by atoms with Crippen LogP contribution in [0.1, 0.15) is 22.3 Å². The van der Waals surface area contributed by atoms with Gasteiger partial charge in [-0.25, -0.2) is 22.0 Å². The number of aliphatic hydroxyl groups is 1. The molecule has 0 spiro atoms. The van der Waals surface area contributed by atoms with Crippen LogP contribution in [0.5, 0.6) is 0 Å². The molecule has 33 heavy (non-hydrogen) atoms. The second-order valence-corrected chi connectivity index (χ2v) is 7.20. The highest BCUT2D eigenvalue weighted by molar-refractivity contribution is 6.30. The highest BCUT2D eigenvalue weighted by Gasteiger charge is 2.30. The number of aliphatic hydroxyl groups excluding tert-OH is 1.